The number of hydrogen-bond acceptors (Lipinski definition) is 5. The van der Waals surface area contributed by atoms with Gasteiger partial charge in [0.2, 0.25) is 0 Å². The second kappa shape index (κ2) is 7.36. The first kappa shape index (κ1) is 17.5. The van der Waals surface area contributed by atoms with Crippen LogP contribution in [0.25, 0.3) is 10.9 Å². The van der Waals surface area contributed by atoms with E-state index in [1.165, 1.54) is 0 Å². The predicted octanol–water partition coefficient (Wildman–Crippen LogP) is 2.21. The Labute approximate surface area is 157 Å². The van der Waals surface area contributed by atoms with Gasteiger partial charge < -0.3 is 15.0 Å². The number of pyridine rings is 1. The van der Waals surface area contributed by atoms with Crippen molar-refractivity contribution >= 4 is 16.8 Å². The van der Waals surface area contributed by atoms with Crippen molar-refractivity contribution < 1.29 is 9.53 Å². The topological polar surface area (TPSA) is 72.3 Å². The molecule has 7 heteroatoms. The molecule has 7 nitrogen and oxygen atoms in total. The van der Waals surface area contributed by atoms with Crippen molar-refractivity contribution in [3.05, 3.63) is 53.5 Å². The van der Waals surface area contributed by atoms with Gasteiger partial charge in [0.05, 0.1) is 12.8 Å². The van der Waals surface area contributed by atoms with Gasteiger partial charge in [0.1, 0.15) is 11.3 Å². The van der Waals surface area contributed by atoms with Crippen LogP contribution >= 0.6 is 0 Å². The molecule has 140 valence electrons. The summed E-state index contributed by atoms with van der Waals surface area (Å²) in [7, 11) is 3.44. The first-order chi connectivity index (χ1) is 13.2. The molecule has 1 aliphatic rings. The average Bonchev–Trinajstić information content (AvgIpc) is 2.98. The summed E-state index contributed by atoms with van der Waals surface area (Å²) >= 11 is 0. The van der Waals surface area contributed by atoms with Crippen LogP contribution < -0.4 is 10.1 Å². The highest BCUT2D eigenvalue weighted by atomic mass is 16.5. The van der Waals surface area contributed by atoms with Crippen LogP contribution in [0.3, 0.4) is 0 Å². The van der Waals surface area contributed by atoms with Gasteiger partial charge in [-0.25, -0.2) is 0 Å². The highest BCUT2D eigenvalue weighted by Crippen LogP contribution is 2.27. The molecule has 4 rings (SSSR count). The fourth-order valence-electron chi connectivity index (χ4n) is 3.50. The first-order valence-electron chi connectivity index (χ1n) is 9.11. The Kier molecular flexibility index (Phi) is 4.77. The monoisotopic (exact) mass is 365 g/mol. The minimum Gasteiger partial charge on any atom is -0.494 e. The third-order valence-corrected chi connectivity index (χ3v) is 4.91. The minimum atomic E-state index is -0.0802. The summed E-state index contributed by atoms with van der Waals surface area (Å²) < 4.78 is 7.34. The molecule has 3 aromatic rings. The molecule has 0 radical (unpaired) electrons. The zero-order valence-electron chi connectivity index (χ0n) is 15.6. The Balaban J connectivity index is 1.58. The van der Waals surface area contributed by atoms with Crippen molar-refractivity contribution in [3.8, 4) is 5.75 Å². The van der Waals surface area contributed by atoms with E-state index in [9.17, 15) is 4.79 Å². The molecule has 0 saturated heterocycles. The van der Waals surface area contributed by atoms with Crippen LogP contribution in [0.4, 0.5) is 0 Å². The molecule has 2 aromatic heterocycles. The molecule has 0 atom stereocenters. The molecule has 0 saturated carbocycles. The standard InChI is InChI=1S/C20H23N5O2/c1-24(20(26)17-11-15-12-21-8-4-10-25(15)23-17)13-14-6-7-18(27-2)19-16(14)5-3-9-22-19/h3,5-7,9,11,21H,4,8,10,12-13H2,1-2H3. The Hall–Kier alpha value is -2.93. The quantitative estimate of drug-likeness (QED) is 0.767. The summed E-state index contributed by atoms with van der Waals surface area (Å²) in [4.78, 5) is 19.0. The summed E-state index contributed by atoms with van der Waals surface area (Å²) in [5, 5.41) is 8.85. The maximum Gasteiger partial charge on any atom is 0.274 e. The molecule has 0 bridgehead atoms. The number of amides is 1. The van der Waals surface area contributed by atoms with Crippen LogP contribution in [-0.2, 0) is 19.6 Å². The van der Waals surface area contributed by atoms with E-state index in [0.717, 1.165) is 54.0 Å². The zero-order chi connectivity index (χ0) is 18.8. The molecular weight excluding hydrogens is 342 g/mol. The van der Waals surface area contributed by atoms with Crippen molar-refractivity contribution in [2.24, 2.45) is 0 Å². The molecule has 1 N–H and O–H groups in total. The van der Waals surface area contributed by atoms with E-state index in [1.807, 2.05) is 35.0 Å². The number of nitrogens with zero attached hydrogens (tertiary/aromatic N) is 4. The minimum absolute atomic E-state index is 0.0802. The van der Waals surface area contributed by atoms with E-state index in [-0.39, 0.29) is 5.91 Å². The van der Waals surface area contributed by atoms with Gasteiger partial charge in [-0.05, 0) is 36.7 Å². The summed E-state index contributed by atoms with van der Waals surface area (Å²) in [5.41, 5.74) is 3.38. The molecular formula is C20H23N5O2. The Morgan fingerprint density at radius 3 is 3.11 bits per heavy atom. The maximum absolute atomic E-state index is 12.9. The van der Waals surface area contributed by atoms with E-state index in [4.69, 9.17) is 4.74 Å². The maximum atomic E-state index is 12.9. The molecule has 0 unspecified atom stereocenters. The van der Waals surface area contributed by atoms with Crippen LogP contribution in [-0.4, -0.2) is 46.3 Å². The first-order valence-corrected chi connectivity index (χ1v) is 9.11. The number of carbonyl (C=O) groups excluding carboxylic acids is 1. The normalized spacial score (nSPS) is 13.9. The lowest BCUT2D eigenvalue weighted by atomic mass is 10.1. The lowest BCUT2D eigenvalue weighted by Gasteiger charge is -2.18. The highest BCUT2D eigenvalue weighted by Gasteiger charge is 2.20. The Morgan fingerprint density at radius 1 is 1.37 bits per heavy atom. The van der Waals surface area contributed by atoms with E-state index < -0.39 is 0 Å². The summed E-state index contributed by atoms with van der Waals surface area (Å²) in [6.07, 6.45) is 2.76. The molecule has 1 aliphatic heterocycles. The van der Waals surface area contributed by atoms with Crippen molar-refractivity contribution in [2.45, 2.75) is 26.1 Å². The molecule has 27 heavy (non-hydrogen) atoms. The number of nitrogens with one attached hydrogen (secondary N) is 1. The van der Waals surface area contributed by atoms with Gasteiger partial charge in [-0.3, -0.25) is 14.5 Å². The number of rotatable bonds is 4. The largest absolute Gasteiger partial charge is 0.494 e. The van der Waals surface area contributed by atoms with E-state index in [2.05, 4.69) is 15.4 Å². The van der Waals surface area contributed by atoms with Gasteiger partial charge in [-0.1, -0.05) is 12.1 Å². The van der Waals surface area contributed by atoms with E-state index >= 15 is 0 Å². The van der Waals surface area contributed by atoms with Gasteiger partial charge in [0, 0.05) is 38.3 Å². The fourth-order valence-corrected chi connectivity index (χ4v) is 3.50. The van der Waals surface area contributed by atoms with Crippen molar-refractivity contribution in [2.75, 3.05) is 20.7 Å². The fraction of sp³-hybridized carbons (Fsp3) is 0.350. The molecule has 1 aromatic carbocycles. The SMILES string of the molecule is COc1ccc(CN(C)C(=O)c2cc3n(n2)CCCNC3)c2cccnc12. The molecule has 0 spiro atoms. The van der Waals surface area contributed by atoms with Crippen molar-refractivity contribution in [1.29, 1.82) is 0 Å². The van der Waals surface area contributed by atoms with Crippen molar-refractivity contribution in [1.82, 2.24) is 25.0 Å². The third-order valence-electron chi connectivity index (χ3n) is 4.91. The number of benzene rings is 1. The summed E-state index contributed by atoms with van der Waals surface area (Å²) in [6.45, 7) is 3.05. The summed E-state index contributed by atoms with van der Waals surface area (Å²) in [5.74, 6) is 0.650. The van der Waals surface area contributed by atoms with Gasteiger partial charge >= 0.3 is 0 Å². The van der Waals surface area contributed by atoms with Gasteiger partial charge in [0.25, 0.3) is 5.91 Å². The Bertz CT molecular complexity index is 958. The molecule has 1 amide bonds. The van der Waals surface area contributed by atoms with Crippen LogP contribution in [0.5, 0.6) is 5.75 Å². The molecule has 0 aliphatic carbocycles. The third kappa shape index (κ3) is 3.38. The molecule has 0 fully saturated rings. The van der Waals surface area contributed by atoms with Gasteiger partial charge in [-0.2, -0.15) is 5.10 Å². The van der Waals surface area contributed by atoms with E-state index in [0.29, 0.717) is 12.2 Å². The lowest BCUT2D eigenvalue weighted by molar-refractivity contribution is 0.0779. The van der Waals surface area contributed by atoms with Crippen molar-refractivity contribution in [3.63, 3.8) is 0 Å². The number of methoxy groups -OCH3 is 1. The number of fused-ring (bicyclic) bond motifs is 2. The second-order valence-electron chi connectivity index (χ2n) is 6.76. The zero-order valence-corrected chi connectivity index (χ0v) is 15.6. The van der Waals surface area contributed by atoms with Gasteiger partial charge in [-0.15, -0.1) is 0 Å². The van der Waals surface area contributed by atoms with Crippen LogP contribution in [0, 0.1) is 0 Å². The number of ether oxygens (including phenoxy) is 1. The number of hydrogen-bond donors (Lipinski definition) is 1. The van der Waals surface area contributed by atoms with Crippen LogP contribution in [0.15, 0.2) is 36.5 Å². The predicted molar refractivity (Wildman–Crippen MR) is 103 cm³/mol. The lowest BCUT2D eigenvalue weighted by Crippen LogP contribution is -2.27. The number of aromatic nitrogens is 3. The smallest absolute Gasteiger partial charge is 0.274 e. The van der Waals surface area contributed by atoms with E-state index in [1.54, 1.807) is 25.3 Å². The Morgan fingerprint density at radius 2 is 2.26 bits per heavy atom. The van der Waals surface area contributed by atoms with Gasteiger partial charge in [0.15, 0.2) is 5.69 Å². The summed E-state index contributed by atoms with van der Waals surface area (Å²) in [6, 6.07) is 9.67. The average molecular weight is 365 g/mol. The second-order valence-corrected chi connectivity index (χ2v) is 6.76. The number of carbonyl (C=O) groups is 1. The van der Waals surface area contributed by atoms with Crippen LogP contribution in [0.2, 0.25) is 0 Å². The highest BCUT2D eigenvalue weighted by molar-refractivity contribution is 5.93. The molecule has 3 heterocycles. The number of aryl methyl sites for hydroxylation is 1. The van der Waals surface area contributed by atoms with Crippen LogP contribution in [0.1, 0.15) is 28.2 Å².